The fraction of sp³-hybridized carbons (Fsp3) is 0. The van der Waals surface area contributed by atoms with Gasteiger partial charge in [0.25, 0.3) is 0 Å². The Kier molecular flexibility index (Phi) is 5.31. The average Bonchev–Trinajstić information content (AvgIpc) is 3.41. The summed E-state index contributed by atoms with van der Waals surface area (Å²) >= 11 is 0. The van der Waals surface area contributed by atoms with Crippen LogP contribution in [0.25, 0.3) is 71.3 Å². The second kappa shape index (κ2) is 9.69. The van der Waals surface area contributed by atoms with Crippen molar-refractivity contribution in [2.45, 2.75) is 0 Å². The molecule has 0 fully saturated rings. The van der Waals surface area contributed by atoms with Crippen LogP contribution in [0.4, 0.5) is 17.1 Å². The van der Waals surface area contributed by atoms with Crippen molar-refractivity contribution >= 4 is 60.4 Å². The van der Waals surface area contributed by atoms with Crippen molar-refractivity contribution in [3.63, 3.8) is 0 Å². The van der Waals surface area contributed by atoms with Crippen LogP contribution in [0.3, 0.4) is 0 Å². The minimum Gasteiger partial charge on any atom is -0.311 e. The first-order chi connectivity index (χ1) is 22.8. The lowest BCUT2D eigenvalue weighted by Gasteiger charge is -2.25. The van der Waals surface area contributed by atoms with E-state index in [0.29, 0.717) is 0 Å². The summed E-state index contributed by atoms with van der Waals surface area (Å²) in [4.78, 5) is 2.31. The average molecular weight is 585 g/mol. The van der Waals surface area contributed by atoms with Gasteiger partial charge in [0.05, 0.1) is 11.0 Å². The predicted octanol–water partition coefficient (Wildman–Crippen LogP) is 12.2. The summed E-state index contributed by atoms with van der Waals surface area (Å²) in [6.07, 6.45) is 0. The van der Waals surface area contributed by atoms with Crippen LogP contribution in [0.5, 0.6) is 0 Å². The van der Waals surface area contributed by atoms with Crippen LogP contribution in [-0.2, 0) is 0 Å². The molecule has 0 saturated carbocycles. The summed E-state index contributed by atoms with van der Waals surface area (Å²) < 4.78 is 2.45. The van der Waals surface area contributed by atoms with Gasteiger partial charge in [0, 0.05) is 33.5 Å². The Balaban J connectivity index is 1.22. The zero-order valence-corrected chi connectivity index (χ0v) is 25.1. The highest BCUT2D eigenvalue weighted by atomic mass is 15.1. The zero-order chi connectivity index (χ0) is 30.2. The Bertz CT molecular complexity index is 2570. The van der Waals surface area contributed by atoms with E-state index in [1.807, 2.05) is 0 Å². The van der Waals surface area contributed by atoms with Gasteiger partial charge >= 0.3 is 0 Å². The van der Waals surface area contributed by atoms with Gasteiger partial charge in [-0.15, -0.1) is 0 Å². The third-order valence-electron chi connectivity index (χ3n) is 9.68. The summed E-state index contributed by atoms with van der Waals surface area (Å²) in [5.74, 6) is 0. The normalized spacial score (nSPS) is 11.9. The highest BCUT2D eigenvalue weighted by Crippen LogP contribution is 2.50. The maximum absolute atomic E-state index is 2.45. The van der Waals surface area contributed by atoms with E-state index in [9.17, 15) is 0 Å². The van der Waals surface area contributed by atoms with Gasteiger partial charge in [-0.05, 0) is 111 Å². The SMILES string of the molecule is c1ccc(N(c2ccccc2)c2ccc(-n3c4cccc5c4c4c(cccc43)-c3cc4ccccc4c4cccc-5c34)cc2)cc1. The topological polar surface area (TPSA) is 8.17 Å². The quantitative estimate of drug-likeness (QED) is 0.187. The number of hydrogen-bond donors (Lipinski definition) is 0. The third kappa shape index (κ3) is 3.53. The molecule has 2 heteroatoms. The molecule has 9 aromatic rings. The van der Waals surface area contributed by atoms with E-state index in [1.54, 1.807) is 0 Å². The second-order valence-electron chi connectivity index (χ2n) is 12.1. The molecule has 1 aliphatic rings. The van der Waals surface area contributed by atoms with Crippen LogP contribution < -0.4 is 4.90 Å². The summed E-state index contributed by atoms with van der Waals surface area (Å²) in [5, 5.41) is 7.88. The number of benzene rings is 8. The smallest absolute Gasteiger partial charge is 0.0547 e. The highest BCUT2D eigenvalue weighted by molar-refractivity contribution is 6.29. The van der Waals surface area contributed by atoms with Gasteiger partial charge in [0.1, 0.15) is 0 Å². The molecule has 214 valence electrons. The molecule has 10 rings (SSSR count). The summed E-state index contributed by atoms with van der Waals surface area (Å²) in [5.41, 5.74) is 12.2. The Morgan fingerprint density at radius 2 is 0.848 bits per heavy atom. The Labute approximate surface area is 267 Å². The molecule has 0 amide bonds. The lowest BCUT2D eigenvalue weighted by molar-refractivity contribution is 1.17. The molecule has 0 bridgehead atoms. The van der Waals surface area contributed by atoms with Crippen LogP contribution >= 0.6 is 0 Å². The number of nitrogens with zero attached hydrogens (tertiary/aromatic N) is 2. The fourth-order valence-electron chi connectivity index (χ4n) is 7.79. The molecule has 0 atom stereocenters. The first kappa shape index (κ1) is 25.2. The molecule has 2 nitrogen and oxygen atoms in total. The van der Waals surface area contributed by atoms with Gasteiger partial charge in [-0.3, -0.25) is 0 Å². The maximum atomic E-state index is 2.45. The van der Waals surface area contributed by atoms with E-state index in [0.717, 1.165) is 22.7 Å². The van der Waals surface area contributed by atoms with Gasteiger partial charge in [-0.2, -0.15) is 0 Å². The largest absolute Gasteiger partial charge is 0.311 e. The van der Waals surface area contributed by atoms with Gasteiger partial charge in [-0.1, -0.05) is 103 Å². The lowest BCUT2D eigenvalue weighted by atomic mass is 9.90. The van der Waals surface area contributed by atoms with E-state index in [1.165, 1.54) is 65.6 Å². The van der Waals surface area contributed by atoms with Crippen LogP contribution in [-0.4, -0.2) is 4.57 Å². The Morgan fingerprint density at radius 1 is 0.348 bits per heavy atom. The van der Waals surface area contributed by atoms with E-state index in [4.69, 9.17) is 0 Å². The number of anilines is 3. The predicted molar refractivity (Wildman–Crippen MR) is 195 cm³/mol. The van der Waals surface area contributed by atoms with Crippen molar-refractivity contribution in [2.24, 2.45) is 0 Å². The molecule has 1 heterocycles. The number of rotatable bonds is 4. The number of fused-ring (bicyclic) bond motifs is 4. The lowest BCUT2D eigenvalue weighted by Crippen LogP contribution is -2.09. The van der Waals surface area contributed by atoms with Crippen molar-refractivity contribution < 1.29 is 0 Å². The van der Waals surface area contributed by atoms with Gasteiger partial charge in [-0.25, -0.2) is 0 Å². The van der Waals surface area contributed by atoms with E-state index >= 15 is 0 Å². The molecule has 0 aliphatic heterocycles. The van der Waals surface area contributed by atoms with Crippen molar-refractivity contribution in [3.8, 4) is 27.9 Å². The summed E-state index contributed by atoms with van der Waals surface area (Å²) in [6, 6.07) is 61.8. The molecule has 1 aliphatic carbocycles. The van der Waals surface area contributed by atoms with E-state index in [-0.39, 0.29) is 0 Å². The minimum atomic E-state index is 1.12. The molecule has 0 N–H and O–H groups in total. The Hall–Kier alpha value is -6.12. The first-order valence-electron chi connectivity index (χ1n) is 15.9. The fourth-order valence-corrected chi connectivity index (χ4v) is 7.79. The van der Waals surface area contributed by atoms with Crippen molar-refractivity contribution in [2.75, 3.05) is 4.90 Å². The monoisotopic (exact) mass is 584 g/mol. The molecular weight excluding hydrogens is 556 g/mol. The van der Waals surface area contributed by atoms with Crippen LogP contribution in [0.15, 0.2) is 170 Å². The van der Waals surface area contributed by atoms with Gasteiger partial charge < -0.3 is 9.47 Å². The number of para-hydroxylation sites is 2. The van der Waals surface area contributed by atoms with Crippen LogP contribution in [0.2, 0.25) is 0 Å². The highest BCUT2D eigenvalue weighted by Gasteiger charge is 2.25. The zero-order valence-electron chi connectivity index (χ0n) is 25.1. The van der Waals surface area contributed by atoms with E-state index in [2.05, 4.69) is 179 Å². The molecule has 8 aromatic carbocycles. The minimum absolute atomic E-state index is 1.12. The summed E-state index contributed by atoms with van der Waals surface area (Å²) in [6.45, 7) is 0. The van der Waals surface area contributed by atoms with Gasteiger partial charge in [0.2, 0.25) is 0 Å². The molecule has 1 aromatic heterocycles. The number of hydrogen-bond acceptors (Lipinski definition) is 1. The van der Waals surface area contributed by atoms with E-state index < -0.39 is 0 Å². The maximum Gasteiger partial charge on any atom is 0.0547 e. The standard InChI is InChI=1S/C44H28N2/c1-3-13-30(14-4-1)45(31-15-5-2-6-16-31)32-24-26-33(27-25-32)46-40-22-10-20-37-36-19-9-18-35-34-17-8-7-12-29(34)28-39(42(35)36)38-21-11-23-41(46)44(38)43(37)40/h1-28H. The first-order valence-corrected chi connectivity index (χ1v) is 15.9. The van der Waals surface area contributed by atoms with Crippen LogP contribution in [0, 0.1) is 0 Å². The van der Waals surface area contributed by atoms with Crippen molar-refractivity contribution in [1.29, 1.82) is 0 Å². The summed E-state index contributed by atoms with van der Waals surface area (Å²) in [7, 11) is 0. The molecule has 0 saturated heterocycles. The number of aromatic nitrogens is 1. The van der Waals surface area contributed by atoms with Crippen molar-refractivity contribution in [1.82, 2.24) is 4.57 Å². The third-order valence-corrected chi connectivity index (χ3v) is 9.68. The second-order valence-corrected chi connectivity index (χ2v) is 12.1. The Morgan fingerprint density at radius 3 is 1.50 bits per heavy atom. The van der Waals surface area contributed by atoms with Crippen molar-refractivity contribution in [3.05, 3.63) is 170 Å². The molecular formula is C44H28N2. The molecule has 46 heavy (non-hydrogen) atoms. The molecule has 0 spiro atoms. The van der Waals surface area contributed by atoms with Crippen LogP contribution in [0.1, 0.15) is 0 Å². The molecule has 0 unspecified atom stereocenters. The van der Waals surface area contributed by atoms with Gasteiger partial charge in [0.15, 0.2) is 0 Å². The molecule has 0 radical (unpaired) electrons.